The summed E-state index contributed by atoms with van der Waals surface area (Å²) < 4.78 is 21.4. The number of rotatable bonds is 7. The number of nitrogens with zero attached hydrogens (tertiary/aromatic N) is 3. The number of amides is 1. The summed E-state index contributed by atoms with van der Waals surface area (Å²) in [5.74, 6) is -1.93. The van der Waals surface area contributed by atoms with Gasteiger partial charge < -0.3 is 15.2 Å². The minimum Gasteiger partial charge on any atom is -0.494 e. The fourth-order valence-electron chi connectivity index (χ4n) is 3.44. The summed E-state index contributed by atoms with van der Waals surface area (Å²) in [6, 6.07) is 7.76. The predicted molar refractivity (Wildman–Crippen MR) is 111 cm³/mol. The van der Waals surface area contributed by atoms with Gasteiger partial charge in [-0.1, -0.05) is 18.2 Å². The van der Waals surface area contributed by atoms with Gasteiger partial charge in [0, 0.05) is 23.9 Å². The number of aliphatic carboxylic acids is 1. The van der Waals surface area contributed by atoms with Gasteiger partial charge in [-0.25, -0.2) is 9.37 Å². The van der Waals surface area contributed by atoms with Gasteiger partial charge in [-0.2, -0.15) is 5.10 Å². The van der Waals surface area contributed by atoms with Gasteiger partial charge >= 0.3 is 5.97 Å². The highest BCUT2D eigenvalue weighted by atomic mass is 19.1. The maximum absolute atomic E-state index is 14.2. The molecule has 0 bridgehead atoms. The van der Waals surface area contributed by atoms with Crippen LogP contribution in [0.3, 0.4) is 0 Å². The highest BCUT2D eigenvalue weighted by molar-refractivity contribution is 5.94. The average molecular weight is 426 g/mol. The zero-order valence-corrected chi connectivity index (χ0v) is 17.6. The molecule has 162 valence electrons. The van der Waals surface area contributed by atoms with Crippen LogP contribution in [0.2, 0.25) is 0 Å². The van der Waals surface area contributed by atoms with E-state index in [-0.39, 0.29) is 11.3 Å². The minimum absolute atomic E-state index is 0.0465. The number of nitrogens with one attached hydrogen (secondary N) is 1. The summed E-state index contributed by atoms with van der Waals surface area (Å²) in [5.41, 5.74) is 2.88. The second-order valence-electron chi connectivity index (χ2n) is 7.06. The molecule has 2 aromatic heterocycles. The first-order valence-corrected chi connectivity index (χ1v) is 9.55. The van der Waals surface area contributed by atoms with Crippen LogP contribution in [0.15, 0.2) is 36.4 Å². The van der Waals surface area contributed by atoms with Crippen LogP contribution in [0.5, 0.6) is 5.75 Å². The van der Waals surface area contributed by atoms with Gasteiger partial charge in [0.05, 0.1) is 25.3 Å². The Labute approximate surface area is 178 Å². The van der Waals surface area contributed by atoms with Gasteiger partial charge in [0.25, 0.3) is 5.91 Å². The predicted octanol–water partition coefficient (Wildman–Crippen LogP) is 3.19. The van der Waals surface area contributed by atoms with Crippen molar-refractivity contribution in [1.82, 2.24) is 20.1 Å². The van der Waals surface area contributed by atoms with E-state index in [0.29, 0.717) is 11.4 Å². The van der Waals surface area contributed by atoms with E-state index in [0.717, 1.165) is 17.0 Å². The maximum atomic E-state index is 14.2. The van der Waals surface area contributed by atoms with E-state index in [4.69, 9.17) is 4.74 Å². The number of ether oxygens (including phenoxy) is 1. The normalized spacial score (nSPS) is 11.8. The zero-order chi connectivity index (χ0) is 22.7. The standard InChI is InChI=1S/C22H23FN4O4/c1-12-20(13(2)27(3)26-12)21-18(31-4)10-9-16(24-21)22(30)25-17(11-19(28)29)14-7-5-6-8-15(14)23/h5-10,17H,11H2,1-4H3,(H,25,30)(H,28,29)/t17-/m0/s1. The van der Waals surface area contributed by atoms with E-state index < -0.39 is 30.2 Å². The number of hydrogen-bond acceptors (Lipinski definition) is 5. The van der Waals surface area contributed by atoms with Crippen LogP contribution in [-0.4, -0.2) is 38.9 Å². The van der Waals surface area contributed by atoms with Gasteiger partial charge in [-0.3, -0.25) is 14.3 Å². The van der Waals surface area contributed by atoms with Crippen molar-refractivity contribution in [1.29, 1.82) is 0 Å². The van der Waals surface area contributed by atoms with Crippen molar-refractivity contribution in [3.8, 4) is 17.0 Å². The van der Waals surface area contributed by atoms with E-state index in [1.54, 1.807) is 23.9 Å². The van der Waals surface area contributed by atoms with Crippen LogP contribution < -0.4 is 10.1 Å². The SMILES string of the molecule is COc1ccc(C(=O)N[C@@H](CC(=O)O)c2ccccc2F)nc1-c1c(C)nn(C)c1C. The Hall–Kier alpha value is -3.75. The van der Waals surface area contributed by atoms with E-state index in [2.05, 4.69) is 15.4 Å². The largest absolute Gasteiger partial charge is 0.494 e. The van der Waals surface area contributed by atoms with E-state index in [1.807, 2.05) is 13.8 Å². The Morgan fingerprint density at radius 3 is 2.52 bits per heavy atom. The monoisotopic (exact) mass is 426 g/mol. The summed E-state index contributed by atoms with van der Waals surface area (Å²) in [7, 11) is 3.31. The van der Waals surface area contributed by atoms with Crippen molar-refractivity contribution in [2.75, 3.05) is 7.11 Å². The molecule has 2 N–H and O–H groups in total. The Bertz CT molecular complexity index is 1140. The number of carboxylic acid groups (broad SMARTS) is 1. The first kappa shape index (κ1) is 21.9. The molecule has 0 spiro atoms. The third-order valence-corrected chi connectivity index (χ3v) is 5.02. The number of aryl methyl sites for hydroxylation is 2. The van der Waals surface area contributed by atoms with Crippen molar-refractivity contribution >= 4 is 11.9 Å². The van der Waals surface area contributed by atoms with Crippen molar-refractivity contribution in [2.24, 2.45) is 7.05 Å². The number of carboxylic acids is 1. The molecule has 0 aliphatic carbocycles. The van der Waals surface area contributed by atoms with Crippen LogP contribution >= 0.6 is 0 Å². The molecule has 0 aliphatic rings. The lowest BCUT2D eigenvalue weighted by Crippen LogP contribution is -2.31. The van der Waals surface area contributed by atoms with Crippen molar-refractivity contribution in [3.63, 3.8) is 0 Å². The van der Waals surface area contributed by atoms with Crippen LogP contribution in [-0.2, 0) is 11.8 Å². The number of benzene rings is 1. The number of aromatic nitrogens is 3. The molecule has 9 heteroatoms. The highest BCUT2D eigenvalue weighted by Gasteiger charge is 2.24. The smallest absolute Gasteiger partial charge is 0.305 e. The van der Waals surface area contributed by atoms with Crippen LogP contribution in [0.1, 0.15) is 39.9 Å². The molecule has 0 saturated carbocycles. The molecule has 0 unspecified atom stereocenters. The van der Waals surface area contributed by atoms with Gasteiger partial charge in [-0.15, -0.1) is 0 Å². The Morgan fingerprint density at radius 2 is 1.94 bits per heavy atom. The van der Waals surface area contributed by atoms with Gasteiger partial charge in [0.1, 0.15) is 23.0 Å². The van der Waals surface area contributed by atoms with Crippen LogP contribution in [0.25, 0.3) is 11.3 Å². The quantitative estimate of drug-likeness (QED) is 0.601. The third-order valence-electron chi connectivity index (χ3n) is 5.02. The molecule has 1 amide bonds. The van der Waals surface area contributed by atoms with Gasteiger partial charge in [0.15, 0.2) is 0 Å². The zero-order valence-electron chi connectivity index (χ0n) is 17.6. The fourth-order valence-corrected chi connectivity index (χ4v) is 3.44. The van der Waals surface area contributed by atoms with Crippen LogP contribution in [0, 0.1) is 19.7 Å². The number of halogens is 1. The molecule has 1 atom stereocenters. The molecule has 0 radical (unpaired) electrons. The number of carbonyl (C=O) groups excluding carboxylic acids is 1. The lowest BCUT2D eigenvalue weighted by atomic mass is 10.0. The molecule has 0 aliphatic heterocycles. The highest BCUT2D eigenvalue weighted by Crippen LogP contribution is 2.33. The molecule has 31 heavy (non-hydrogen) atoms. The first-order valence-electron chi connectivity index (χ1n) is 9.55. The maximum Gasteiger partial charge on any atom is 0.305 e. The fraction of sp³-hybridized carbons (Fsp3) is 0.273. The molecule has 8 nitrogen and oxygen atoms in total. The summed E-state index contributed by atoms with van der Waals surface area (Å²) in [5, 5.41) is 16.2. The van der Waals surface area contributed by atoms with Crippen LogP contribution in [0.4, 0.5) is 4.39 Å². The Balaban J connectivity index is 1.99. The topological polar surface area (TPSA) is 106 Å². The molecular formula is C22H23FN4O4. The second kappa shape index (κ2) is 8.95. The van der Waals surface area contributed by atoms with Gasteiger partial charge in [-0.05, 0) is 32.0 Å². The summed E-state index contributed by atoms with van der Waals surface area (Å²) in [6.45, 7) is 3.71. The van der Waals surface area contributed by atoms with Gasteiger partial charge in [0.2, 0.25) is 0 Å². The molecule has 0 fully saturated rings. The Morgan fingerprint density at radius 1 is 1.23 bits per heavy atom. The van der Waals surface area contributed by atoms with E-state index in [1.165, 1.54) is 31.4 Å². The average Bonchev–Trinajstić information content (AvgIpc) is 2.98. The Kier molecular flexibility index (Phi) is 6.33. The number of methoxy groups -OCH3 is 1. The second-order valence-corrected chi connectivity index (χ2v) is 7.06. The lowest BCUT2D eigenvalue weighted by molar-refractivity contribution is -0.137. The minimum atomic E-state index is -1.17. The summed E-state index contributed by atoms with van der Waals surface area (Å²) in [6.07, 6.45) is -0.476. The van der Waals surface area contributed by atoms with Crippen molar-refractivity contribution in [3.05, 3.63) is 64.9 Å². The molecule has 0 saturated heterocycles. The third kappa shape index (κ3) is 4.55. The van der Waals surface area contributed by atoms with E-state index >= 15 is 0 Å². The number of hydrogen-bond donors (Lipinski definition) is 2. The summed E-state index contributed by atoms with van der Waals surface area (Å²) >= 11 is 0. The lowest BCUT2D eigenvalue weighted by Gasteiger charge is -2.18. The first-order chi connectivity index (χ1) is 14.7. The summed E-state index contributed by atoms with van der Waals surface area (Å²) in [4.78, 5) is 28.7. The molecule has 2 heterocycles. The molecular weight excluding hydrogens is 403 g/mol. The molecule has 3 rings (SSSR count). The molecule has 1 aromatic carbocycles. The number of pyridine rings is 1. The number of carbonyl (C=O) groups is 2. The van der Waals surface area contributed by atoms with E-state index in [9.17, 15) is 19.1 Å². The van der Waals surface area contributed by atoms with Crippen molar-refractivity contribution in [2.45, 2.75) is 26.3 Å². The van der Waals surface area contributed by atoms with Crippen molar-refractivity contribution < 1.29 is 23.8 Å². The molecule has 3 aromatic rings.